The lowest BCUT2D eigenvalue weighted by molar-refractivity contribution is 0.279. The molecule has 2 atom stereocenters. The normalized spacial score (nSPS) is 27.2. The van der Waals surface area contributed by atoms with Crippen LogP contribution in [0.15, 0.2) is 12.4 Å². The maximum absolute atomic E-state index is 5.39. The fourth-order valence-corrected chi connectivity index (χ4v) is 3.17. The van der Waals surface area contributed by atoms with E-state index in [0.29, 0.717) is 17.7 Å². The minimum atomic E-state index is 0.503. The van der Waals surface area contributed by atoms with Crippen LogP contribution in [0.1, 0.15) is 50.1 Å². The molecule has 19 heavy (non-hydrogen) atoms. The molecule has 0 amide bonds. The average Bonchev–Trinajstić information content (AvgIpc) is 3.29. The molecule has 0 saturated heterocycles. The summed E-state index contributed by atoms with van der Waals surface area (Å²) in [5.41, 5.74) is 1.06. The Kier molecular flexibility index (Phi) is 3.97. The number of aromatic nitrogens is 2. The first-order valence-electron chi connectivity index (χ1n) is 7.46. The highest BCUT2D eigenvalue weighted by Gasteiger charge is 2.31. The summed E-state index contributed by atoms with van der Waals surface area (Å²) < 4.78 is 5.39. The van der Waals surface area contributed by atoms with Crippen LogP contribution in [0.5, 0.6) is 5.88 Å². The number of methoxy groups -OCH3 is 1. The first-order chi connectivity index (χ1) is 9.38. The molecule has 1 aromatic heterocycles. The molecule has 1 N–H and O–H groups in total. The molecule has 104 valence electrons. The van der Waals surface area contributed by atoms with Gasteiger partial charge in [-0.05, 0) is 38.1 Å². The zero-order valence-corrected chi connectivity index (χ0v) is 11.6. The maximum atomic E-state index is 5.39. The van der Waals surface area contributed by atoms with Crippen molar-refractivity contribution in [3.63, 3.8) is 0 Å². The quantitative estimate of drug-likeness (QED) is 0.884. The summed E-state index contributed by atoms with van der Waals surface area (Å²) in [6, 6.07) is 0.784. The molecule has 2 aliphatic rings. The van der Waals surface area contributed by atoms with E-state index in [1.165, 1.54) is 38.5 Å². The monoisotopic (exact) mass is 261 g/mol. The van der Waals surface area contributed by atoms with Gasteiger partial charge in [0.05, 0.1) is 7.11 Å². The molecule has 2 aliphatic carbocycles. The van der Waals surface area contributed by atoms with Crippen molar-refractivity contribution in [2.75, 3.05) is 13.7 Å². The summed E-state index contributed by atoms with van der Waals surface area (Å²) in [7, 11) is 1.69. The molecule has 0 aliphatic heterocycles. The zero-order valence-electron chi connectivity index (χ0n) is 11.6. The first kappa shape index (κ1) is 12.9. The molecular weight excluding hydrogens is 238 g/mol. The van der Waals surface area contributed by atoms with Gasteiger partial charge in [-0.1, -0.05) is 12.8 Å². The van der Waals surface area contributed by atoms with E-state index < -0.39 is 0 Å². The van der Waals surface area contributed by atoms with E-state index in [4.69, 9.17) is 4.74 Å². The van der Waals surface area contributed by atoms with Gasteiger partial charge in [0.1, 0.15) is 5.69 Å². The molecule has 3 rings (SSSR count). The third-order valence-corrected chi connectivity index (χ3v) is 4.39. The second-order valence-electron chi connectivity index (χ2n) is 5.78. The Morgan fingerprint density at radius 2 is 1.95 bits per heavy atom. The number of nitrogens with one attached hydrogen (secondary N) is 1. The number of rotatable bonds is 5. The maximum Gasteiger partial charge on any atom is 0.235 e. The van der Waals surface area contributed by atoms with Crippen molar-refractivity contribution < 1.29 is 4.74 Å². The van der Waals surface area contributed by atoms with Crippen LogP contribution in [0.2, 0.25) is 0 Å². The topological polar surface area (TPSA) is 47.0 Å². The van der Waals surface area contributed by atoms with Gasteiger partial charge in [0.15, 0.2) is 0 Å². The SMILES string of the molecule is COc1nccnc1C1CCCCC1CNC1CC1. The summed E-state index contributed by atoms with van der Waals surface area (Å²) >= 11 is 0. The Hall–Kier alpha value is -1.16. The molecule has 1 heterocycles. The molecule has 0 radical (unpaired) electrons. The van der Waals surface area contributed by atoms with E-state index in [9.17, 15) is 0 Å². The molecule has 4 nitrogen and oxygen atoms in total. The molecule has 4 heteroatoms. The van der Waals surface area contributed by atoms with Crippen molar-refractivity contribution in [3.8, 4) is 5.88 Å². The van der Waals surface area contributed by atoms with E-state index in [0.717, 1.165) is 18.3 Å². The summed E-state index contributed by atoms with van der Waals surface area (Å²) in [5, 5.41) is 3.67. The lowest BCUT2D eigenvalue weighted by Gasteiger charge is -2.31. The summed E-state index contributed by atoms with van der Waals surface area (Å²) in [5.74, 6) is 1.90. The van der Waals surface area contributed by atoms with E-state index in [1.807, 2.05) is 0 Å². The lowest BCUT2D eigenvalue weighted by Crippen LogP contribution is -2.31. The van der Waals surface area contributed by atoms with E-state index in [-0.39, 0.29) is 0 Å². The Labute approximate surface area is 115 Å². The molecule has 0 aromatic carbocycles. The zero-order chi connectivity index (χ0) is 13.1. The highest BCUT2D eigenvalue weighted by molar-refractivity contribution is 5.23. The molecule has 0 spiro atoms. The molecule has 2 unspecified atom stereocenters. The number of nitrogens with zero attached hydrogens (tertiary/aromatic N) is 2. The summed E-state index contributed by atoms with van der Waals surface area (Å²) in [4.78, 5) is 8.86. The van der Waals surface area contributed by atoms with Gasteiger partial charge in [0.2, 0.25) is 5.88 Å². The van der Waals surface area contributed by atoms with Gasteiger partial charge in [-0.25, -0.2) is 4.98 Å². The summed E-state index contributed by atoms with van der Waals surface area (Å²) in [6.45, 7) is 1.12. The largest absolute Gasteiger partial charge is 0.480 e. The van der Waals surface area contributed by atoms with Crippen molar-refractivity contribution in [3.05, 3.63) is 18.1 Å². The second-order valence-corrected chi connectivity index (χ2v) is 5.78. The van der Waals surface area contributed by atoms with Crippen LogP contribution in [-0.4, -0.2) is 29.7 Å². The van der Waals surface area contributed by atoms with Gasteiger partial charge in [0, 0.05) is 24.4 Å². The minimum Gasteiger partial charge on any atom is -0.480 e. The van der Waals surface area contributed by atoms with Crippen LogP contribution in [0, 0.1) is 5.92 Å². The van der Waals surface area contributed by atoms with Crippen molar-refractivity contribution in [1.29, 1.82) is 0 Å². The van der Waals surface area contributed by atoms with Gasteiger partial charge in [0.25, 0.3) is 0 Å². The average molecular weight is 261 g/mol. The van der Waals surface area contributed by atoms with Crippen molar-refractivity contribution in [1.82, 2.24) is 15.3 Å². The van der Waals surface area contributed by atoms with E-state index in [2.05, 4.69) is 15.3 Å². The minimum absolute atomic E-state index is 0.503. The number of hydrogen-bond acceptors (Lipinski definition) is 4. The molecule has 2 fully saturated rings. The van der Waals surface area contributed by atoms with Gasteiger partial charge in [-0.2, -0.15) is 0 Å². The highest BCUT2D eigenvalue weighted by Crippen LogP contribution is 2.39. The Balaban J connectivity index is 1.74. The van der Waals surface area contributed by atoms with Crippen LogP contribution >= 0.6 is 0 Å². The smallest absolute Gasteiger partial charge is 0.235 e. The highest BCUT2D eigenvalue weighted by atomic mass is 16.5. The summed E-state index contributed by atoms with van der Waals surface area (Å²) in [6.07, 6.45) is 11.4. The van der Waals surface area contributed by atoms with Gasteiger partial charge in [-0.3, -0.25) is 4.98 Å². The molecule has 0 bridgehead atoms. The van der Waals surface area contributed by atoms with E-state index >= 15 is 0 Å². The lowest BCUT2D eigenvalue weighted by atomic mass is 9.77. The van der Waals surface area contributed by atoms with Crippen LogP contribution in [-0.2, 0) is 0 Å². The van der Waals surface area contributed by atoms with Crippen molar-refractivity contribution in [2.45, 2.75) is 50.5 Å². The number of ether oxygens (including phenoxy) is 1. The third kappa shape index (κ3) is 3.06. The van der Waals surface area contributed by atoms with Crippen LogP contribution in [0.25, 0.3) is 0 Å². The number of hydrogen-bond donors (Lipinski definition) is 1. The fraction of sp³-hybridized carbons (Fsp3) is 0.733. The van der Waals surface area contributed by atoms with Crippen LogP contribution in [0.3, 0.4) is 0 Å². The van der Waals surface area contributed by atoms with Crippen LogP contribution < -0.4 is 10.1 Å². The third-order valence-electron chi connectivity index (χ3n) is 4.39. The first-order valence-corrected chi connectivity index (χ1v) is 7.46. The van der Waals surface area contributed by atoms with Crippen molar-refractivity contribution >= 4 is 0 Å². The Morgan fingerprint density at radius 1 is 1.16 bits per heavy atom. The standard InChI is InChI=1S/C15H23N3O/c1-19-15-14(16-8-9-17-15)13-5-3-2-4-11(13)10-18-12-6-7-12/h8-9,11-13,18H,2-7,10H2,1H3. The van der Waals surface area contributed by atoms with Gasteiger partial charge < -0.3 is 10.1 Å². The predicted octanol–water partition coefficient (Wildman–Crippen LogP) is 2.51. The Bertz CT molecular complexity index is 420. The van der Waals surface area contributed by atoms with Gasteiger partial charge >= 0.3 is 0 Å². The molecular formula is C15H23N3O. The van der Waals surface area contributed by atoms with Crippen LogP contribution in [0.4, 0.5) is 0 Å². The van der Waals surface area contributed by atoms with E-state index in [1.54, 1.807) is 19.5 Å². The predicted molar refractivity (Wildman–Crippen MR) is 74.3 cm³/mol. The second kappa shape index (κ2) is 5.87. The van der Waals surface area contributed by atoms with Gasteiger partial charge in [-0.15, -0.1) is 0 Å². The molecule has 2 saturated carbocycles. The Morgan fingerprint density at radius 3 is 2.74 bits per heavy atom. The molecule has 1 aromatic rings. The fourth-order valence-electron chi connectivity index (χ4n) is 3.17. The van der Waals surface area contributed by atoms with Crippen molar-refractivity contribution in [2.24, 2.45) is 5.92 Å².